The summed E-state index contributed by atoms with van der Waals surface area (Å²) in [5.74, 6) is 3.21. The summed E-state index contributed by atoms with van der Waals surface area (Å²) in [4.78, 5) is 0. The van der Waals surface area contributed by atoms with Crippen LogP contribution in [-0.2, 0) is 13.5 Å². The van der Waals surface area contributed by atoms with Gasteiger partial charge in [0.1, 0.15) is 7.05 Å². The van der Waals surface area contributed by atoms with E-state index in [0.717, 1.165) is 56.5 Å². The fourth-order valence-electron chi connectivity index (χ4n) is 5.05. The lowest BCUT2D eigenvalue weighted by Crippen LogP contribution is -2.29. The average Bonchev–Trinajstić information content (AvgIpc) is 3.47. The van der Waals surface area contributed by atoms with Crippen LogP contribution in [0.4, 0.5) is 0 Å². The van der Waals surface area contributed by atoms with Crippen LogP contribution in [0.3, 0.4) is 0 Å². The molecule has 0 N–H and O–H groups in total. The SMILES string of the molecule is C[n+]1cc2c3c(ccc2c2c(Cc4ccccc4)cc4cc5c(cc4c21)OCO5)OCO3. The molecule has 3 heterocycles. The van der Waals surface area contributed by atoms with Crippen molar-refractivity contribution in [3.05, 3.63) is 78.0 Å². The van der Waals surface area contributed by atoms with Crippen molar-refractivity contribution in [2.75, 3.05) is 13.6 Å². The van der Waals surface area contributed by atoms with Crippen LogP contribution < -0.4 is 23.5 Å². The maximum atomic E-state index is 5.85. The number of rotatable bonds is 2. The average molecular weight is 422 g/mol. The minimum absolute atomic E-state index is 0.258. The number of hydrogen-bond donors (Lipinski definition) is 0. The van der Waals surface area contributed by atoms with Crippen LogP contribution in [0.2, 0.25) is 0 Å². The molecule has 0 atom stereocenters. The first-order valence-electron chi connectivity index (χ1n) is 10.7. The summed E-state index contributed by atoms with van der Waals surface area (Å²) in [5, 5.41) is 5.72. The molecule has 2 aliphatic rings. The van der Waals surface area contributed by atoms with Crippen LogP contribution in [0.25, 0.3) is 32.4 Å². The van der Waals surface area contributed by atoms with Gasteiger partial charge < -0.3 is 18.9 Å². The fraction of sp³-hybridized carbons (Fsp3) is 0.148. The van der Waals surface area contributed by atoms with E-state index in [-0.39, 0.29) is 13.6 Å². The van der Waals surface area contributed by atoms with Gasteiger partial charge in [0, 0.05) is 5.39 Å². The second kappa shape index (κ2) is 6.50. The molecule has 0 unspecified atom stereocenters. The van der Waals surface area contributed by atoms with Crippen LogP contribution in [0.5, 0.6) is 23.0 Å². The minimum Gasteiger partial charge on any atom is -0.454 e. The standard InChI is InChI=1S/C27H20NO4/c1-28-13-21-19(7-8-22-27(21)32-15-29-22)25-18(9-16-5-3-2-4-6-16)10-17-11-23-24(31-14-30-23)12-20(17)26(25)28/h2-8,10-13H,9,14-15H2,1H3/q+1. The number of nitrogens with zero attached hydrogens (tertiary/aromatic N) is 1. The summed E-state index contributed by atoms with van der Waals surface area (Å²) in [6.07, 6.45) is 2.97. The normalized spacial score (nSPS) is 14.0. The lowest BCUT2D eigenvalue weighted by atomic mass is 9.92. The number of hydrogen-bond acceptors (Lipinski definition) is 4. The van der Waals surface area contributed by atoms with Gasteiger partial charge in [-0.2, -0.15) is 4.57 Å². The van der Waals surface area contributed by atoms with E-state index in [0.29, 0.717) is 0 Å². The lowest BCUT2D eigenvalue weighted by Gasteiger charge is -2.13. The van der Waals surface area contributed by atoms with E-state index < -0.39 is 0 Å². The molecule has 0 amide bonds. The summed E-state index contributed by atoms with van der Waals surface area (Å²) < 4.78 is 25.1. The Kier molecular flexibility index (Phi) is 3.59. The Bertz CT molecular complexity index is 1560. The van der Waals surface area contributed by atoms with E-state index in [1.165, 1.54) is 16.5 Å². The third-order valence-electron chi connectivity index (χ3n) is 6.45. The molecular weight excluding hydrogens is 402 g/mol. The minimum atomic E-state index is 0.258. The molecule has 0 spiro atoms. The Balaban J connectivity index is 1.63. The highest BCUT2D eigenvalue weighted by atomic mass is 16.7. The number of aryl methyl sites for hydroxylation is 1. The number of benzene rings is 4. The number of aromatic nitrogens is 1. The van der Waals surface area contributed by atoms with Crippen molar-refractivity contribution in [1.29, 1.82) is 0 Å². The van der Waals surface area contributed by atoms with Crippen LogP contribution in [0, 0.1) is 0 Å². The number of pyridine rings is 1. The van der Waals surface area contributed by atoms with Crippen molar-refractivity contribution >= 4 is 32.4 Å². The van der Waals surface area contributed by atoms with Crippen LogP contribution in [0.15, 0.2) is 66.9 Å². The van der Waals surface area contributed by atoms with Crippen LogP contribution >= 0.6 is 0 Å². The van der Waals surface area contributed by atoms with Gasteiger partial charge >= 0.3 is 0 Å². The first-order chi connectivity index (χ1) is 15.8. The molecule has 0 bridgehead atoms. The molecule has 1 aromatic heterocycles. The first-order valence-corrected chi connectivity index (χ1v) is 10.7. The molecule has 7 rings (SSSR count). The van der Waals surface area contributed by atoms with E-state index in [2.05, 4.69) is 72.4 Å². The van der Waals surface area contributed by atoms with E-state index in [4.69, 9.17) is 18.9 Å². The lowest BCUT2D eigenvalue weighted by molar-refractivity contribution is -0.642. The molecule has 156 valence electrons. The topological polar surface area (TPSA) is 40.8 Å². The van der Waals surface area contributed by atoms with Gasteiger partial charge in [-0.15, -0.1) is 0 Å². The van der Waals surface area contributed by atoms with Gasteiger partial charge in [-0.1, -0.05) is 30.3 Å². The molecule has 0 fully saturated rings. The van der Waals surface area contributed by atoms with Crippen LogP contribution in [0.1, 0.15) is 11.1 Å². The van der Waals surface area contributed by atoms with Crippen molar-refractivity contribution < 1.29 is 23.5 Å². The van der Waals surface area contributed by atoms with Gasteiger partial charge in [0.2, 0.25) is 19.1 Å². The zero-order valence-corrected chi connectivity index (χ0v) is 17.6. The van der Waals surface area contributed by atoms with Crippen molar-refractivity contribution in [1.82, 2.24) is 0 Å². The molecule has 5 aromatic rings. The predicted octanol–water partition coefficient (Wildman–Crippen LogP) is 5.02. The third-order valence-corrected chi connectivity index (χ3v) is 6.45. The third kappa shape index (κ3) is 2.48. The Morgan fingerprint density at radius 1 is 0.750 bits per heavy atom. The summed E-state index contributed by atoms with van der Waals surface area (Å²) in [7, 11) is 2.09. The first kappa shape index (κ1) is 17.7. The summed E-state index contributed by atoms with van der Waals surface area (Å²) in [5.41, 5.74) is 3.70. The van der Waals surface area contributed by atoms with Gasteiger partial charge in [0.25, 0.3) is 0 Å². The maximum Gasteiger partial charge on any atom is 0.231 e. The van der Waals surface area contributed by atoms with Crippen molar-refractivity contribution in [3.8, 4) is 23.0 Å². The van der Waals surface area contributed by atoms with Gasteiger partial charge in [-0.25, -0.2) is 0 Å². The van der Waals surface area contributed by atoms with Gasteiger partial charge in [-0.3, -0.25) is 0 Å². The molecule has 5 nitrogen and oxygen atoms in total. The zero-order valence-electron chi connectivity index (χ0n) is 17.6. The summed E-state index contributed by atoms with van der Waals surface area (Å²) in [6.45, 7) is 0.521. The largest absolute Gasteiger partial charge is 0.454 e. The van der Waals surface area contributed by atoms with E-state index in [1.807, 2.05) is 6.07 Å². The molecule has 5 heteroatoms. The maximum absolute atomic E-state index is 5.85. The monoisotopic (exact) mass is 422 g/mol. The van der Waals surface area contributed by atoms with Gasteiger partial charge in [0.15, 0.2) is 29.2 Å². The second-order valence-electron chi connectivity index (χ2n) is 8.35. The van der Waals surface area contributed by atoms with Crippen molar-refractivity contribution in [2.45, 2.75) is 6.42 Å². The van der Waals surface area contributed by atoms with E-state index in [1.54, 1.807) is 0 Å². The van der Waals surface area contributed by atoms with Gasteiger partial charge in [-0.05, 0) is 53.3 Å². The molecule has 2 aliphatic heterocycles. The Labute approximate surface area is 184 Å². The highest BCUT2D eigenvalue weighted by molar-refractivity contribution is 6.17. The summed E-state index contributed by atoms with van der Waals surface area (Å²) in [6, 6.07) is 21.2. The number of ether oxygens (including phenoxy) is 4. The molecule has 0 saturated carbocycles. The molecule has 32 heavy (non-hydrogen) atoms. The van der Waals surface area contributed by atoms with Crippen LogP contribution in [-0.4, -0.2) is 13.6 Å². The molecule has 0 saturated heterocycles. The quantitative estimate of drug-likeness (QED) is 0.296. The molecule has 4 aromatic carbocycles. The smallest absolute Gasteiger partial charge is 0.231 e. The predicted molar refractivity (Wildman–Crippen MR) is 122 cm³/mol. The Hall–Kier alpha value is -3.99. The molecule has 0 radical (unpaired) electrons. The highest BCUT2D eigenvalue weighted by Crippen LogP contribution is 2.44. The van der Waals surface area contributed by atoms with Gasteiger partial charge in [0.05, 0.1) is 16.2 Å². The van der Waals surface area contributed by atoms with E-state index in [9.17, 15) is 0 Å². The van der Waals surface area contributed by atoms with E-state index >= 15 is 0 Å². The fourth-order valence-corrected chi connectivity index (χ4v) is 5.05. The Morgan fingerprint density at radius 2 is 1.53 bits per heavy atom. The number of fused-ring (bicyclic) bond motifs is 8. The Morgan fingerprint density at radius 3 is 2.41 bits per heavy atom. The zero-order chi connectivity index (χ0) is 21.2. The molecular formula is C27H20NO4+. The highest BCUT2D eigenvalue weighted by Gasteiger charge is 2.26. The van der Waals surface area contributed by atoms with Crippen molar-refractivity contribution in [2.24, 2.45) is 7.05 Å². The van der Waals surface area contributed by atoms with Crippen molar-refractivity contribution in [3.63, 3.8) is 0 Å². The second-order valence-corrected chi connectivity index (χ2v) is 8.35. The summed E-state index contributed by atoms with van der Waals surface area (Å²) >= 11 is 0. The molecule has 0 aliphatic carbocycles.